The molecule has 7 heteroatoms. The highest BCUT2D eigenvalue weighted by atomic mass is 127. The first kappa shape index (κ1) is 23.9. The highest BCUT2D eigenvalue weighted by Crippen LogP contribution is 2.11. The molecule has 1 saturated heterocycles. The summed E-state index contributed by atoms with van der Waals surface area (Å²) in [6.07, 6.45) is 3.57. The summed E-state index contributed by atoms with van der Waals surface area (Å²) in [7, 11) is 0. The highest BCUT2D eigenvalue weighted by Gasteiger charge is 2.14. The number of halogens is 1. The van der Waals surface area contributed by atoms with Gasteiger partial charge < -0.3 is 25.0 Å². The van der Waals surface area contributed by atoms with E-state index in [1.807, 2.05) is 0 Å². The Hall–Kier alpha value is -0.120. The van der Waals surface area contributed by atoms with Crippen molar-refractivity contribution in [3.8, 4) is 0 Å². The van der Waals surface area contributed by atoms with Gasteiger partial charge in [-0.1, -0.05) is 13.8 Å². The Kier molecular flexibility index (Phi) is 16.3. The van der Waals surface area contributed by atoms with Crippen molar-refractivity contribution in [1.29, 1.82) is 0 Å². The molecule has 1 atom stereocenters. The van der Waals surface area contributed by atoms with E-state index in [-0.39, 0.29) is 24.0 Å². The van der Waals surface area contributed by atoms with Gasteiger partial charge in [-0.05, 0) is 39.3 Å². The predicted octanol–water partition coefficient (Wildman–Crippen LogP) is 2.09. The van der Waals surface area contributed by atoms with Crippen molar-refractivity contribution in [2.75, 3.05) is 59.1 Å². The molecule has 1 fully saturated rings. The largest absolute Gasteiger partial charge is 0.379 e. The third-order valence-electron chi connectivity index (χ3n) is 4.00. The average molecular weight is 456 g/mol. The molecular weight excluding hydrogens is 419 g/mol. The first-order valence-electron chi connectivity index (χ1n) is 9.24. The standard InChI is InChI=1S/C17H36N4O2.HI/c1-4-18-17(20-11-12-21(5-2)6-3)19-10-8-13-22-15-16-9-7-14-23-16;/h16H,4-15H2,1-3H3,(H2,18,19,20);1H. The summed E-state index contributed by atoms with van der Waals surface area (Å²) in [4.78, 5) is 6.99. The molecule has 2 N–H and O–H groups in total. The molecule has 1 aliphatic heterocycles. The molecule has 0 bridgehead atoms. The minimum Gasteiger partial charge on any atom is -0.379 e. The van der Waals surface area contributed by atoms with Gasteiger partial charge in [0.1, 0.15) is 0 Å². The Morgan fingerprint density at radius 3 is 2.67 bits per heavy atom. The van der Waals surface area contributed by atoms with Crippen molar-refractivity contribution in [1.82, 2.24) is 15.5 Å². The van der Waals surface area contributed by atoms with Crippen molar-refractivity contribution >= 4 is 29.9 Å². The Morgan fingerprint density at radius 2 is 2.04 bits per heavy atom. The first-order chi connectivity index (χ1) is 11.3. The molecule has 144 valence electrons. The highest BCUT2D eigenvalue weighted by molar-refractivity contribution is 14.0. The molecule has 1 rings (SSSR count). The van der Waals surface area contributed by atoms with Gasteiger partial charge in [-0.15, -0.1) is 24.0 Å². The third kappa shape index (κ3) is 11.4. The molecule has 24 heavy (non-hydrogen) atoms. The molecule has 0 aromatic carbocycles. The van der Waals surface area contributed by atoms with E-state index >= 15 is 0 Å². The van der Waals surface area contributed by atoms with Crippen molar-refractivity contribution in [3.05, 3.63) is 0 Å². The molecule has 0 aromatic heterocycles. The Bertz CT molecular complexity index is 309. The Balaban J connectivity index is 0.00000529. The molecule has 0 saturated carbocycles. The number of hydrogen-bond donors (Lipinski definition) is 2. The van der Waals surface area contributed by atoms with Crippen LogP contribution in [0.25, 0.3) is 0 Å². The fourth-order valence-corrected chi connectivity index (χ4v) is 2.56. The number of nitrogens with one attached hydrogen (secondary N) is 2. The second-order valence-electron chi connectivity index (χ2n) is 5.78. The van der Waals surface area contributed by atoms with Crippen LogP contribution in [0, 0.1) is 0 Å². The van der Waals surface area contributed by atoms with Gasteiger partial charge in [0.15, 0.2) is 5.96 Å². The number of rotatable bonds is 12. The average Bonchev–Trinajstić information content (AvgIpc) is 3.08. The maximum atomic E-state index is 5.66. The number of hydrogen-bond acceptors (Lipinski definition) is 4. The fourth-order valence-electron chi connectivity index (χ4n) is 2.56. The predicted molar refractivity (Wildman–Crippen MR) is 112 cm³/mol. The van der Waals surface area contributed by atoms with Gasteiger partial charge in [-0.3, -0.25) is 4.99 Å². The zero-order chi connectivity index (χ0) is 16.8. The second-order valence-corrected chi connectivity index (χ2v) is 5.78. The molecule has 1 unspecified atom stereocenters. The van der Waals surface area contributed by atoms with E-state index < -0.39 is 0 Å². The summed E-state index contributed by atoms with van der Waals surface area (Å²) in [5, 5.41) is 6.68. The Labute approximate surface area is 165 Å². The number of guanidine groups is 1. The van der Waals surface area contributed by atoms with Crippen molar-refractivity contribution in [3.63, 3.8) is 0 Å². The molecule has 1 heterocycles. The smallest absolute Gasteiger partial charge is 0.191 e. The lowest BCUT2D eigenvalue weighted by Gasteiger charge is -2.19. The molecule has 1 aliphatic rings. The number of nitrogens with zero attached hydrogens (tertiary/aromatic N) is 2. The Morgan fingerprint density at radius 1 is 1.25 bits per heavy atom. The van der Waals surface area contributed by atoms with Crippen molar-refractivity contribution < 1.29 is 9.47 Å². The van der Waals surface area contributed by atoms with Crippen LogP contribution in [0.3, 0.4) is 0 Å². The molecule has 0 amide bonds. The zero-order valence-corrected chi connectivity index (χ0v) is 18.0. The summed E-state index contributed by atoms with van der Waals surface area (Å²) in [6, 6.07) is 0. The monoisotopic (exact) mass is 456 g/mol. The van der Waals surface area contributed by atoms with Crippen LogP contribution in [-0.4, -0.2) is 76.1 Å². The van der Waals surface area contributed by atoms with E-state index in [0.717, 1.165) is 77.9 Å². The van der Waals surface area contributed by atoms with Crippen LogP contribution in [0.1, 0.15) is 40.0 Å². The van der Waals surface area contributed by atoms with Gasteiger partial charge in [-0.25, -0.2) is 0 Å². The van der Waals surface area contributed by atoms with E-state index in [9.17, 15) is 0 Å². The lowest BCUT2D eigenvalue weighted by molar-refractivity contribution is 0.0171. The van der Waals surface area contributed by atoms with E-state index in [4.69, 9.17) is 9.47 Å². The van der Waals surface area contributed by atoms with Crippen LogP contribution in [0.5, 0.6) is 0 Å². The summed E-state index contributed by atoms with van der Waals surface area (Å²) in [6.45, 7) is 14.7. The SMILES string of the molecule is CCNC(=NCCCOCC1CCCO1)NCCN(CC)CC.I. The van der Waals surface area contributed by atoms with Gasteiger partial charge >= 0.3 is 0 Å². The summed E-state index contributed by atoms with van der Waals surface area (Å²) >= 11 is 0. The normalized spacial score (nSPS) is 17.8. The van der Waals surface area contributed by atoms with Crippen molar-refractivity contribution in [2.24, 2.45) is 4.99 Å². The summed E-state index contributed by atoms with van der Waals surface area (Å²) < 4.78 is 11.2. The van der Waals surface area contributed by atoms with Crippen LogP contribution in [-0.2, 0) is 9.47 Å². The maximum absolute atomic E-state index is 5.66. The molecule has 0 spiro atoms. The minimum atomic E-state index is 0. The lowest BCUT2D eigenvalue weighted by Crippen LogP contribution is -2.41. The van der Waals surface area contributed by atoms with E-state index in [2.05, 4.69) is 41.3 Å². The number of ether oxygens (including phenoxy) is 2. The van der Waals surface area contributed by atoms with Crippen LogP contribution in [0.15, 0.2) is 4.99 Å². The van der Waals surface area contributed by atoms with E-state index in [1.54, 1.807) is 0 Å². The van der Waals surface area contributed by atoms with Crippen LogP contribution in [0.2, 0.25) is 0 Å². The molecule has 0 aromatic rings. The van der Waals surface area contributed by atoms with Gasteiger partial charge in [0.05, 0.1) is 12.7 Å². The molecule has 0 radical (unpaired) electrons. The van der Waals surface area contributed by atoms with Gasteiger partial charge in [-0.2, -0.15) is 0 Å². The minimum absolute atomic E-state index is 0. The van der Waals surface area contributed by atoms with Crippen LogP contribution < -0.4 is 10.6 Å². The van der Waals surface area contributed by atoms with E-state index in [1.165, 1.54) is 6.42 Å². The quantitative estimate of drug-likeness (QED) is 0.204. The van der Waals surface area contributed by atoms with Gasteiger partial charge in [0, 0.05) is 39.4 Å². The zero-order valence-electron chi connectivity index (χ0n) is 15.7. The molecule has 0 aliphatic carbocycles. The topological polar surface area (TPSA) is 58.1 Å². The maximum Gasteiger partial charge on any atom is 0.191 e. The van der Waals surface area contributed by atoms with E-state index in [0.29, 0.717) is 6.10 Å². The van der Waals surface area contributed by atoms with Crippen LogP contribution >= 0.6 is 24.0 Å². The second kappa shape index (κ2) is 16.4. The lowest BCUT2D eigenvalue weighted by atomic mass is 10.2. The van der Waals surface area contributed by atoms with Crippen molar-refractivity contribution in [2.45, 2.75) is 46.1 Å². The van der Waals surface area contributed by atoms with Gasteiger partial charge in [0.2, 0.25) is 0 Å². The molecule has 6 nitrogen and oxygen atoms in total. The fraction of sp³-hybridized carbons (Fsp3) is 0.941. The van der Waals surface area contributed by atoms with Gasteiger partial charge in [0.25, 0.3) is 0 Å². The first-order valence-corrected chi connectivity index (χ1v) is 9.24. The van der Waals surface area contributed by atoms with Crippen LogP contribution in [0.4, 0.5) is 0 Å². The molecular formula is C17H37IN4O2. The summed E-state index contributed by atoms with van der Waals surface area (Å²) in [5.74, 6) is 0.902. The number of aliphatic imine (C=N–C) groups is 1. The number of likely N-dealkylation sites (N-methyl/N-ethyl adjacent to an activating group) is 1. The third-order valence-corrected chi connectivity index (χ3v) is 4.00. The summed E-state index contributed by atoms with van der Waals surface area (Å²) in [5.41, 5.74) is 0.